The highest BCUT2D eigenvalue weighted by molar-refractivity contribution is 9.10. The standard InChI is InChI=1S/C13H17BrFNO2/c1-2-18-13(17)5-3-4-12(16)9-6-7-11(15)10(14)8-9/h6-8,12H,2-5,16H2,1H3. The molecule has 0 fully saturated rings. The summed E-state index contributed by atoms with van der Waals surface area (Å²) in [7, 11) is 0. The molecular weight excluding hydrogens is 301 g/mol. The Bertz CT molecular complexity index is 412. The summed E-state index contributed by atoms with van der Waals surface area (Å²) in [5.41, 5.74) is 6.83. The molecule has 0 bridgehead atoms. The van der Waals surface area contributed by atoms with Crippen molar-refractivity contribution in [3.8, 4) is 0 Å². The van der Waals surface area contributed by atoms with Crippen LogP contribution in [0.1, 0.15) is 37.8 Å². The fourth-order valence-corrected chi connectivity index (χ4v) is 2.01. The number of halogens is 2. The quantitative estimate of drug-likeness (QED) is 0.819. The third-order valence-corrected chi connectivity index (χ3v) is 3.18. The number of nitrogens with two attached hydrogens (primary N) is 1. The lowest BCUT2D eigenvalue weighted by Crippen LogP contribution is -2.12. The zero-order valence-electron chi connectivity index (χ0n) is 10.3. The molecule has 1 aromatic rings. The molecule has 100 valence electrons. The van der Waals surface area contributed by atoms with Crippen LogP contribution in [-0.4, -0.2) is 12.6 Å². The highest BCUT2D eigenvalue weighted by atomic mass is 79.9. The minimum atomic E-state index is -0.308. The second-order valence-electron chi connectivity index (χ2n) is 3.98. The van der Waals surface area contributed by atoms with Crippen LogP contribution in [0.4, 0.5) is 4.39 Å². The van der Waals surface area contributed by atoms with Crippen molar-refractivity contribution >= 4 is 21.9 Å². The lowest BCUT2D eigenvalue weighted by atomic mass is 10.0. The second kappa shape index (κ2) is 7.48. The van der Waals surface area contributed by atoms with Gasteiger partial charge in [0.05, 0.1) is 11.1 Å². The summed E-state index contributed by atoms with van der Waals surface area (Å²) in [6, 6.07) is 4.51. The van der Waals surface area contributed by atoms with E-state index in [1.165, 1.54) is 6.07 Å². The Morgan fingerprint density at radius 2 is 2.28 bits per heavy atom. The highest BCUT2D eigenvalue weighted by Gasteiger charge is 2.10. The first-order valence-electron chi connectivity index (χ1n) is 5.90. The third kappa shape index (κ3) is 4.74. The second-order valence-corrected chi connectivity index (χ2v) is 4.83. The molecule has 0 aromatic heterocycles. The minimum Gasteiger partial charge on any atom is -0.466 e. The maximum absolute atomic E-state index is 13.1. The van der Waals surface area contributed by atoms with Gasteiger partial charge >= 0.3 is 5.97 Å². The van der Waals surface area contributed by atoms with E-state index in [2.05, 4.69) is 15.9 Å². The number of benzene rings is 1. The number of esters is 1. The first-order valence-corrected chi connectivity index (χ1v) is 6.70. The van der Waals surface area contributed by atoms with Crippen LogP contribution in [0.2, 0.25) is 0 Å². The molecule has 0 aliphatic rings. The van der Waals surface area contributed by atoms with Gasteiger partial charge in [0.25, 0.3) is 0 Å². The van der Waals surface area contributed by atoms with Crippen molar-refractivity contribution in [2.45, 2.75) is 32.2 Å². The normalized spacial score (nSPS) is 12.2. The van der Waals surface area contributed by atoms with Gasteiger partial charge in [-0.05, 0) is 53.4 Å². The van der Waals surface area contributed by atoms with Gasteiger partial charge in [-0.25, -0.2) is 4.39 Å². The molecular formula is C13H17BrFNO2. The van der Waals surface area contributed by atoms with Crippen molar-refractivity contribution in [1.29, 1.82) is 0 Å². The van der Waals surface area contributed by atoms with E-state index >= 15 is 0 Å². The van der Waals surface area contributed by atoms with Crippen LogP contribution in [0.15, 0.2) is 22.7 Å². The van der Waals surface area contributed by atoms with Crippen LogP contribution in [0.3, 0.4) is 0 Å². The molecule has 0 amide bonds. The van der Waals surface area contributed by atoms with E-state index in [0.29, 0.717) is 30.3 Å². The first-order chi connectivity index (χ1) is 8.54. The molecule has 1 rings (SSSR count). The van der Waals surface area contributed by atoms with Crippen LogP contribution in [0, 0.1) is 5.82 Å². The molecule has 0 saturated carbocycles. The molecule has 5 heteroatoms. The molecule has 0 radical (unpaired) electrons. The molecule has 18 heavy (non-hydrogen) atoms. The monoisotopic (exact) mass is 317 g/mol. The molecule has 0 spiro atoms. The molecule has 1 unspecified atom stereocenters. The van der Waals surface area contributed by atoms with Crippen molar-refractivity contribution in [2.75, 3.05) is 6.61 Å². The molecule has 1 atom stereocenters. The Labute approximate surface area is 115 Å². The highest BCUT2D eigenvalue weighted by Crippen LogP contribution is 2.23. The van der Waals surface area contributed by atoms with Crippen molar-refractivity contribution in [3.63, 3.8) is 0 Å². The summed E-state index contributed by atoms with van der Waals surface area (Å²) in [4.78, 5) is 11.1. The molecule has 0 heterocycles. The van der Waals surface area contributed by atoms with Gasteiger partial charge < -0.3 is 10.5 Å². The van der Waals surface area contributed by atoms with Crippen LogP contribution in [0.5, 0.6) is 0 Å². The number of ether oxygens (including phenoxy) is 1. The summed E-state index contributed by atoms with van der Waals surface area (Å²) in [6.45, 7) is 2.18. The molecule has 0 saturated heterocycles. The van der Waals surface area contributed by atoms with Crippen LogP contribution in [-0.2, 0) is 9.53 Å². The first kappa shape index (κ1) is 15.1. The van der Waals surface area contributed by atoms with Gasteiger partial charge in [0.1, 0.15) is 5.82 Å². The van der Waals surface area contributed by atoms with Crippen LogP contribution >= 0.6 is 15.9 Å². The zero-order chi connectivity index (χ0) is 13.5. The van der Waals surface area contributed by atoms with E-state index in [-0.39, 0.29) is 17.8 Å². The van der Waals surface area contributed by atoms with Crippen LogP contribution in [0.25, 0.3) is 0 Å². The Morgan fingerprint density at radius 1 is 1.56 bits per heavy atom. The summed E-state index contributed by atoms with van der Waals surface area (Å²) < 4.78 is 18.3. The van der Waals surface area contributed by atoms with E-state index in [4.69, 9.17) is 10.5 Å². The van der Waals surface area contributed by atoms with Gasteiger partial charge in [-0.1, -0.05) is 6.07 Å². The Balaban J connectivity index is 2.43. The zero-order valence-corrected chi connectivity index (χ0v) is 11.9. The van der Waals surface area contributed by atoms with E-state index in [9.17, 15) is 9.18 Å². The SMILES string of the molecule is CCOC(=O)CCCC(N)c1ccc(F)c(Br)c1. The van der Waals surface area contributed by atoms with Gasteiger partial charge in [-0.2, -0.15) is 0 Å². The maximum atomic E-state index is 13.1. The van der Waals surface area contributed by atoms with Gasteiger partial charge in [-0.15, -0.1) is 0 Å². The van der Waals surface area contributed by atoms with Crippen molar-refractivity contribution < 1.29 is 13.9 Å². The lowest BCUT2D eigenvalue weighted by Gasteiger charge is -2.12. The van der Waals surface area contributed by atoms with Gasteiger partial charge in [0.15, 0.2) is 0 Å². The van der Waals surface area contributed by atoms with E-state index in [1.807, 2.05) is 0 Å². The number of hydrogen-bond acceptors (Lipinski definition) is 3. The van der Waals surface area contributed by atoms with E-state index in [1.54, 1.807) is 19.1 Å². The van der Waals surface area contributed by atoms with E-state index < -0.39 is 0 Å². The predicted octanol–water partition coefficient (Wildman–Crippen LogP) is 3.32. The largest absolute Gasteiger partial charge is 0.466 e. The summed E-state index contributed by atoms with van der Waals surface area (Å²) in [5, 5.41) is 0. The number of hydrogen-bond donors (Lipinski definition) is 1. The van der Waals surface area contributed by atoms with Crippen molar-refractivity contribution in [1.82, 2.24) is 0 Å². The van der Waals surface area contributed by atoms with Crippen molar-refractivity contribution in [2.24, 2.45) is 5.73 Å². The van der Waals surface area contributed by atoms with Gasteiger partial charge in [0.2, 0.25) is 0 Å². The summed E-state index contributed by atoms with van der Waals surface area (Å²) >= 11 is 3.12. The smallest absolute Gasteiger partial charge is 0.305 e. The average Bonchev–Trinajstić information content (AvgIpc) is 2.33. The lowest BCUT2D eigenvalue weighted by molar-refractivity contribution is -0.143. The number of carbonyl (C=O) groups is 1. The maximum Gasteiger partial charge on any atom is 0.305 e. The fourth-order valence-electron chi connectivity index (χ4n) is 1.61. The molecule has 0 aliphatic heterocycles. The fraction of sp³-hybridized carbons (Fsp3) is 0.462. The Morgan fingerprint density at radius 3 is 2.89 bits per heavy atom. The average molecular weight is 318 g/mol. The van der Waals surface area contributed by atoms with Crippen LogP contribution < -0.4 is 5.73 Å². The molecule has 1 aromatic carbocycles. The number of rotatable bonds is 6. The molecule has 0 aliphatic carbocycles. The molecule has 2 N–H and O–H groups in total. The summed E-state index contributed by atoms with van der Waals surface area (Å²) in [5.74, 6) is -0.512. The van der Waals surface area contributed by atoms with Gasteiger partial charge in [0, 0.05) is 12.5 Å². The molecule has 3 nitrogen and oxygen atoms in total. The summed E-state index contributed by atoms with van der Waals surface area (Å²) in [6.07, 6.45) is 1.69. The number of carbonyl (C=O) groups excluding carboxylic acids is 1. The van der Waals surface area contributed by atoms with Gasteiger partial charge in [-0.3, -0.25) is 4.79 Å². The van der Waals surface area contributed by atoms with E-state index in [0.717, 1.165) is 5.56 Å². The van der Waals surface area contributed by atoms with Crippen molar-refractivity contribution in [3.05, 3.63) is 34.1 Å². The third-order valence-electron chi connectivity index (χ3n) is 2.57. The Hall–Kier alpha value is -0.940. The predicted molar refractivity (Wildman–Crippen MR) is 71.5 cm³/mol. The minimum absolute atomic E-state index is 0.198. The topological polar surface area (TPSA) is 52.3 Å². The Kier molecular flexibility index (Phi) is 6.29.